The fraction of sp³-hybridized carbons (Fsp3) is 0.143. The monoisotopic (exact) mass is 377 g/mol. The number of pyridine rings is 1. The first-order chi connectivity index (χ1) is 13.7. The van der Waals surface area contributed by atoms with Gasteiger partial charge in [-0.1, -0.05) is 18.2 Å². The van der Waals surface area contributed by atoms with Crippen LogP contribution in [0.3, 0.4) is 0 Å². The molecule has 0 aliphatic carbocycles. The van der Waals surface area contributed by atoms with E-state index in [4.69, 9.17) is 14.2 Å². The highest BCUT2D eigenvalue weighted by Gasteiger charge is 2.15. The smallest absolute Gasteiger partial charge is 0.257 e. The Morgan fingerprint density at radius 1 is 1.07 bits per heavy atom. The van der Waals surface area contributed by atoms with E-state index in [1.165, 1.54) is 6.20 Å². The Morgan fingerprint density at radius 3 is 2.82 bits per heavy atom. The maximum atomic E-state index is 12.6. The van der Waals surface area contributed by atoms with Gasteiger partial charge >= 0.3 is 0 Å². The lowest BCUT2D eigenvalue weighted by molar-refractivity contribution is 0.102. The molecule has 4 rings (SSSR count). The van der Waals surface area contributed by atoms with Crippen LogP contribution in [-0.4, -0.2) is 24.8 Å². The van der Waals surface area contributed by atoms with Gasteiger partial charge in [-0.3, -0.25) is 9.78 Å². The van der Waals surface area contributed by atoms with Crippen molar-refractivity contribution in [2.45, 2.75) is 6.54 Å². The van der Waals surface area contributed by atoms with Crippen LogP contribution in [0.15, 0.2) is 60.9 Å². The fourth-order valence-electron chi connectivity index (χ4n) is 2.88. The molecule has 0 unspecified atom stereocenters. The second-order valence-corrected chi connectivity index (χ2v) is 6.15. The Hall–Kier alpha value is -3.74. The number of anilines is 2. The van der Waals surface area contributed by atoms with Crippen molar-refractivity contribution in [3.05, 3.63) is 72.1 Å². The number of hydrogen-bond donors (Lipinski definition) is 2. The Balaban J connectivity index is 1.43. The van der Waals surface area contributed by atoms with Gasteiger partial charge in [-0.2, -0.15) is 0 Å². The van der Waals surface area contributed by atoms with Crippen molar-refractivity contribution in [1.29, 1.82) is 0 Å². The van der Waals surface area contributed by atoms with E-state index in [1.54, 1.807) is 37.6 Å². The summed E-state index contributed by atoms with van der Waals surface area (Å²) in [5, 5.41) is 6.11. The number of fused-ring (bicyclic) bond motifs is 1. The van der Waals surface area contributed by atoms with Crippen LogP contribution in [0.4, 0.5) is 11.4 Å². The topological polar surface area (TPSA) is 81.7 Å². The highest BCUT2D eigenvalue weighted by molar-refractivity contribution is 6.04. The average molecular weight is 377 g/mol. The molecule has 7 nitrogen and oxygen atoms in total. The van der Waals surface area contributed by atoms with Gasteiger partial charge < -0.3 is 24.8 Å². The number of benzene rings is 2. The second-order valence-electron chi connectivity index (χ2n) is 6.15. The molecule has 0 atom stereocenters. The summed E-state index contributed by atoms with van der Waals surface area (Å²) < 4.78 is 16.0. The Kier molecular flexibility index (Phi) is 4.97. The van der Waals surface area contributed by atoms with Gasteiger partial charge in [0.15, 0.2) is 11.5 Å². The number of hydrogen-bond acceptors (Lipinski definition) is 6. The summed E-state index contributed by atoms with van der Waals surface area (Å²) in [6, 6.07) is 14.8. The van der Waals surface area contributed by atoms with Crippen LogP contribution in [-0.2, 0) is 6.54 Å². The summed E-state index contributed by atoms with van der Waals surface area (Å²) in [5.74, 6) is 1.83. The SMILES string of the molecule is COc1ccccc1CNc1cncc(C(=O)Nc2ccc3c(c2)OCO3)c1. The van der Waals surface area contributed by atoms with Crippen LogP contribution < -0.4 is 24.8 Å². The fourth-order valence-corrected chi connectivity index (χ4v) is 2.88. The van der Waals surface area contributed by atoms with Crippen molar-refractivity contribution in [2.75, 3.05) is 24.5 Å². The van der Waals surface area contributed by atoms with E-state index < -0.39 is 0 Å². The third-order valence-electron chi connectivity index (χ3n) is 4.31. The third kappa shape index (κ3) is 3.83. The first-order valence-corrected chi connectivity index (χ1v) is 8.75. The van der Waals surface area contributed by atoms with Gasteiger partial charge in [-0.25, -0.2) is 0 Å². The number of carbonyl (C=O) groups is 1. The molecule has 2 heterocycles. The lowest BCUT2D eigenvalue weighted by Gasteiger charge is -2.11. The van der Waals surface area contributed by atoms with Gasteiger partial charge in [0.05, 0.1) is 18.4 Å². The molecule has 7 heteroatoms. The van der Waals surface area contributed by atoms with Gasteiger partial charge in [0.25, 0.3) is 5.91 Å². The van der Waals surface area contributed by atoms with E-state index in [9.17, 15) is 4.79 Å². The van der Waals surface area contributed by atoms with Crippen molar-refractivity contribution in [3.63, 3.8) is 0 Å². The van der Waals surface area contributed by atoms with Crippen LogP contribution in [0.1, 0.15) is 15.9 Å². The number of para-hydroxylation sites is 1. The lowest BCUT2D eigenvalue weighted by atomic mass is 10.2. The van der Waals surface area contributed by atoms with Crippen molar-refractivity contribution in [2.24, 2.45) is 0 Å². The van der Waals surface area contributed by atoms with E-state index in [2.05, 4.69) is 15.6 Å². The number of aromatic nitrogens is 1. The van der Waals surface area contributed by atoms with Crippen LogP contribution in [0.5, 0.6) is 17.2 Å². The van der Waals surface area contributed by atoms with E-state index in [-0.39, 0.29) is 12.7 Å². The predicted molar refractivity (Wildman–Crippen MR) is 105 cm³/mol. The van der Waals surface area contributed by atoms with Crippen molar-refractivity contribution in [3.8, 4) is 17.2 Å². The number of nitrogens with one attached hydrogen (secondary N) is 2. The molecule has 2 aromatic carbocycles. The van der Waals surface area contributed by atoms with Crippen molar-refractivity contribution < 1.29 is 19.0 Å². The van der Waals surface area contributed by atoms with Crippen LogP contribution >= 0.6 is 0 Å². The van der Waals surface area contributed by atoms with Crippen molar-refractivity contribution in [1.82, 2.24) is 4.98 Å². The zero-order valence-electron chi connectivity index (χ0n) is 15.3. The molecule has 2 N–H and O–H groups in total. The Morgan fingerprint density at radius 2 is 1.93 bits per heavy atom. The maximum absolute atomic E-state index is 12.6. The minimum absolute atomic E-state index is 0.191. The van der Waals surface area contributed by atoms with Crippen molar-refractivity contribution >= 4 is 17.3 Å². The quantitative estimate of drug-likeness (QED) is 0.682. The molecule has 1 aliphatic heterocycles. The summed E-state index contributed by atoms with van der Waals surface area (Å²) >= 11 is 0. The maximum Gasteiger partial charge on any atom is 0.257 e. The predicted octanol–water partition coefficient (Wildman–Crippen LogP) is 3.68. The molecule has 0 saturated heterocycles. The number of methoxy groups -OCH3 is 1. The van der Waals surface area contributed by atoms with E-state index in [0.717, 1.165) is 17.0 Å². The van der Waals surface area contributed by atoms with Crippen LogP contribution in [0, 0.1) is 0 Å². The van der Waals surface area contributed by atoms with Gasteiger partial charge in [0.1, 0.15) is 5.75 Å². The van der Waals surface area contributed by atoms with E-state index >= 15 is 0 Å². The van der Waals surface area contributed by atoms with Crippen LogP contribution in [0.2, 0.25) is 0 Å². The standard InChI is InChI=1S/C21H19N3O4/c1-26-18-5-3-2-4-14(18)11-23-17-8-15(10-22-12-17)21(25)24-16-6-7-19-20(9-16)28-13-27-19/h2-10,12,23H,11,13H2,1H3,(H,24,25). The summed E-state index contributed by atoms with van der Waals surface area (Å²) in [7, 11) is 1.64. The summed E-state index contributed by atoms with van der Waals surface area (Å²) in [4.78, 5) is 16.7. The molecule has 0 radical (unpaired) electrons. The highest BCUT2D eigenvalue weighted by Crippen LogP contribution is 2.34. The molecular weight excluding hydrogens is 358 g/mol. The summed E-state index contributed by atoms with van der Waals surface area (Å²) in [6.07, 6.45) is 3.20. The normalized spacial score (nSPS) is 11.8. The zero-order chi connectivity index (χ0) is 19.3. The van der Waals surface area contributed by atoms with Gasteiger partial charge in [0.2, 0.25) is 6.79 Å². The average Bonchev–Trinajstić information content (AvgIpc) is 3.20. The highest BCUT2D eigenvalue weighted by atomic mass is 16.7. The van der Waals surface area contributed by atoms with Gasteiger partial charge in [-0.15, -0.1) is 0 Å². The summed E-state index contributed by atoms with van der Waals surface area (Å²) in [5.41, 5.74) is 2.83. The Bertz CT molecular complexity index is 1010. The molecule has 0 bridgehead atoms. The molecule has 0 saturated carbocycles. The number of ether oxygens (including phenoxy) is 3. The summed E-state index contributed by atoms with van der Waals surface area (Å²) in [6.45, 7) is 0.746. The Labute approximate surface area is 162 Å². The van der Waals surface area contributed by atoms with E-state index in [1.807, 2.05) is 24.3 Å². The molecule has 142 valence electrons. The number of rotatable bonds is 6. The first kappa shape index (κ1) is 17.7. The van der Waals surface area contributed by atoms with Gasteiger partial charge in [-0.05, 0) is 24.3 Å². The lowest BCUT2D eigenvalue weighted by Crippen LogP contribution is -2.13. The second kappa shape index (κ2) is 7.87. The van der Waals surface area contributed by atoms with E-state index in [0.29, 0.717) is 29.3 Å². The number of nitrogens with zero attached hydrogens (tertiary/aromatic N) is 1. The minimum Gasteiger partial charge on any atom is -0.496 e. The third-order valence-corrected chi connectivity index (χ3v) is 4.31. The van der Waals surface area contributed by atoms with Gasteiger partial charge in [0, 0.05) is 36.3 Å². The molecule has 3 aromatic rings. The molecule has 1 amide bonds. The molecule has 0 spiro atoms. The molecular formula is C21H19N3O4. The molecule has 1 aromatic heterocycles. The molecule has 0 fully saturated rings. The largest absolute Gasteiger partial charge is 0.496 e. The number of amides is 1. The van der Waals surface area contributed by atoms with Crippen LogP contribution in [0.25, 0.3) is 0 Å². The first-order valence-electron chi connectivity index (χ1n) is 8.75. The number of carbonyl (C=O) groups excluding carboxylic acids is 1. The minimum atomic E-state index is -0.257. The zero-order valence-corrected chi connectivity index (χ0v) is 15.3. The molecule has 1 aliphatic rings. The molecule has 28 heavy (non-hydrogen) atoms.